The second kappa shape index (κ2) is 7.59. The molecule has 4 rings (SSSR count). The van der Waals surface area contributed by atoms with E-state index in [0.29, 0.717) is 22.4 Å². The van der Waals surface area contributed by atoms with E-state index in [-0.39, 0.29) is 4.90 Å². The van der Waals surface area contributed by atoms with E-state index in [9.17, 15) is 18.0 Å². The molecule has 8 nitrogen and oxygen atoms in total. The number of rotatable bonds is 4. The number of sulfonamides is 1. The van der Waals surface area contributed by atoms with Gasteiger partial charge in [0.05, 0.1) is 27.3 Å². The molecule has 1 saturated heterocycles. The fourth-order valence-corrected chi connectivity index (χ4v) is 5.06. The summed E-state index contributed by atoms with van der Waals surface area (Å²) in [4.78, 5) is 26.8. The quantitative estimate of drug-likeness (QED) is 0.564. The molecule has 3 aromatic rings. The van der Waals surface area contributed by atoms with Gasteiger partial charge in [-0.15, -0.1) is 0 Å². The third kappa shape index (κ3) is 3.54. The zero-order chi connectivity index (χ0) is 21.6. The molecule has 0 radical (unpaired) electrons. The number of fused-ring (bicyclic) bond motifs is 1. The van der Waals surface area contributed by atoms with Gasteiger partial charge in [0.25, 0.3) is 10.0 Å². The van der Waals surface area contributed by atoms with Gasteiger partial charge in [-0.2, -0.15) is 0 Å². The van der Waals surface area contributed by atoms with Crippen LogP contribution in [-0.4, -0.2) is 30.6 Å². The predicted molar refractivity (Wildman–Crippen MR) is 121 cm³/mol. The predicted octanol–water partition coefficient (Wildman–Crippen LogP) is 2.40. The van der Waals surface area contributed by atoms with Crippen LogP contribution in [0.3, 0.4) is 0 Å². The molecule has 1 aliphatic heterocycles. The molecule has 1 N–H and O–H groups in total. The van der Waals surface area contributed by atoms with Crippen LogP contribution in [0.4, 0.5) is 11.4 Å². The second-order valence-electron chi connectivity index (χ2n) is 7.34. The number of hydrogen-bond acceptors (Lipinski definition) is 5. The SMILES string of the molecule is Cn1c(=O)c(=O)n(C)c2cc(N3CCCC3)c(NS(=O)(=O)c3ccc(Br)cc3)cc21. The molecule has 0 saturated carbocycles. The largest absolute Gasteiger partial charge is 0.370 e. The minimum absolute atomic E-state index is 0.132. The Bertz CT molecular complexity index is 1350. The second-order valence-corrected chi connectivity index (χ2v) is 9.94. The van der Waals surface area contributed by atoms with Crippen molar-refractivity contribution in [1.82, 2.24) is 9.13 Å². The van der Waals surface area contributed by atoms with Crippen molar-refractivity contribution in [2.45, 2.75) is 17.7 Å². The first-order chi connectivity index (χ1) is 14.2. The van der Waals surface area contributed by atoms with Gasteiger partial charge < -0.3 is 14.0 Å². The Morgan fingerprint density at radius 1 is 0.900 bits per heavy atom. The molecule has 1 aliphatic rings. The van der Waals surface area contributed by atoms with Crippen LogP contribution in [0, 0.1) is 0 Å². The molecule has 30 heavy (non-hydrogen) atoms. The van der Waals surface area contributed by atoms with E-state index in [0.717, 1.165) is 30.4 Å². The normalized spacial score (nSPS) is 14.4. The van der Waals surface area contributed by atoms with Gasteiger partial charge >= 0.3 is 11.1 Å². The smallest absolute Gasteiger partial charge is 0.316 e. The van der Waals surface area contributed by atoms with Gasteiger partial charge in [0.1, 0.15) is 0 Å². The number of nitrogens with one attached hydrogen (secondary N) is 1. The Balaban J connectivity index is 1.93. The Labute approximate surface area is 181 Å². The standard InChI is InChI=1S/C20H21BrN4O4S/c1-23-17-11-15(22-30(28,29)14-7-5-13(21)6-8-14)16(25-9-3-4-10-25)12-18(17)24(2)20(27)19(23)26/h5-8,11-12,22H,3-4,9-10H2,1-2H3. The maximum Gasteiger partial charge on any atom is 0.316 e. The van der Waals surface area contributed by atoms with Gasteiger partial charge in [-0.3, -0.25) is 14.3 Å². The minimum atomic E-state index is -3.85. The van der Waals surface area contributed by atoms with E-state index >= 15 is 0 Å². The lowest BCUT2D eigenvalue weighted by molar-refractivity contribution is 0.601. The van der Waals surface area contributed by atoms with Crippen molar-refractivity contribution in [2.75, 3.05) is 22.7 Å². The molecule has 0 atom stereocenters. The van der Waals surface area contributed by atoms with Gasteiger partial charge in [-0.05, 0) is 49.2 Å². The molecule has 0 bridgehead atoms. The molecule has 2 heterocycles. The molecule has 0 amide bonds. The van der Waals surface area contributed by atoms with Crippen LogP contribution >= 0.6 is 15.9 Å². The molecule has 1 fully saturated rings. The van der Waals surface area contributed by atoms with Gasteiger partial charge in [0, 0.05) is 31.7 Å². The highest BCUT2D eigenvalue weighted by Crippen LogP contribution is 2.34. The first kappa shape index (κ1) is 20.7. The fraction of sp³-hybridized carbons (Fsp3) is 0.300. The summed E-state index contributed by atoms with van der Waals surface area (Å²) in [6.45, 7) is 1.58. The summed E-state index contributed by atoms with van der Waals surface area (Å²) in [5.41, 5.74) is 0.811. The summed E-state index contributed by atoms with van der Waals surface area (Å²) < 4.78 is 32.1. The third-order valence-corrected chi connectivity index (χ3v) is 7.33. The van der Waals surface area contributed by atoms with Crippen molar-refractivity contribution >= 4 is 48.4 Å². The van der Waals surface area contributed by atoms with Gasteiger partial charge in [0.2, 0.25) is 0 Å². The lowest BCUT2D eigenvalue weighted by Crippen LogP contribution is -2.39. The minimum Gasteiger partial charge on any atom is -0.370 e. The summed E-state index contributed by atoms with van der Waals surface area (Å²) in [5.74, 6) is 0. The van der Waals surface area contributed by atoms with Crippen LogP contribution in [0.15, 0.2) is 55.4 Å². The van der Waals surface area contributed by atoms with E-state index in [1.54, 1.807) is 31.3 Å². The average Bonchev–Trinajstić information content (AvgIpc) is 3.25. The lowest BCUT2D eigenvalue weighted by Gasteiger charge is -2.24. The molecule has 2 aromatic carbocycles. The summed E-state index contributed by atoms with van der Waals surface area (Å²) >= 11 is 3.31. The van der Waals surface area contributed by atoms with E-state index < -0.39 is 21.1 Å². The van der Waals surface area contributed by atoms with E-state index in [1.165, 1.54) is 28.3 Å². The van der Waals surface area contributed by atoms with Crippen LogP contribution < -0.4 is 20.7 Å². The monoisotopic (exact) mass is 492 g/mol. The summed E-state index contributed by atoms with van der Waals surface area (Å²) in [6, 6.07) is 9.76. The van der Waals surface area contributed by atoms with Crippen LogP contribution in [0.1, 0.15) is 12.8 Å². The number of nitrogens with zero attached hydrogens (tertiary/aromatic N) is 3. The van der Waals surface area contributed by atoms with E-state index in [1.807, 2.05) is 0 Å². The molecular formula is C20H21BrN4O4S. The van der Waals surface area contributed by atoms with Crippen molar-refractivity contribution < 1.29 is 8.42 Å². The first-order valence-electron chi connectivity index (χ1n) is 9.46. The molecule has 0 aliphatic carbocycles. The number of aromatic nitrogens is 2. The topological polar surface area (TPSA) is 93.4 Å². The van der Waals surface area contributed by atoms with Crippen LogP contribution in [0.25, 0.3) is 11.0 Å². The van der Waals surface area contributed by atoms with Gasteiger partial charge in [-0.25, -0.2) is 8.42 Å². The van der Waals surface area contributed by atoms with Crippen LogP contribution in [0.5, 0.6) is 0 Å². The number of benzene rings is 2. The highest BCUT2D eigenvalue weighted by Gasteiger charge is 2.23. The average molecular weight is 493 g/mol. The highest BCUT2D eigenvalue weighted by atomic mass is 79.9. The number of halogens is 1. The Hall–Kier alpha value is -2.59. The molecule has 0 spiro atoms. The highest BCUT2D eigenvalue weighted by molar-refractivity contribution is 9.10. The van der Waals surface area contributed by atoms with E-state index in [4.69, 9.17) is 0 Å². The summed E-state index contributed by atoms with van der Waals surface area (Å²) in [6.07, 6.45) is 2.01. The molecular weight excluding hydrogens is 472 g/mol. The van der Waals surface area contributed by atoms with Crippen molar-refractivity contribution in [3.05, 3.63) is 61.6 Å². The zero-order valence-electron chi connectivity index (χ0n) is 16.6. The van der Waals surface area contributed by atoms with Crippen molar-refractivity contribution in [3.63, 3.8) is 0 Å². The van der Waals surface area contributed by atoms with E-state index in [2.05, 4.69) is 25.6 Å². The van der Waals surface area contributed by atoms with Crippen molar-refractivity contribution in [1.29, 1.82) is 0 Å². The number of anilines is 2. The summed E-state index contributed by atoms with van der Waals surface area (Å²) in [7, 11) is -0.790. The first-order valence-corrected chi connectivity index (χ1v) is 11.7. The van der Waals surface area contributed by atoms with Gasteiger partial charge in [-0.1, -0.05) is 15.9 Å². The van der Waals surface area contributed by atoms with Crippen molar-refractivity contribution in [2.24, 2.45) is 14.1 Å². The Morgan fingerprint density at radius 3 is 2.00 bits per heavy atom. The van der Waals surface area contributed by atoms with Crippen LogP contribution in [-0.2, 0) is 24.1 Å². The zero-order valence-corrected chi connectivity index (χ0v) is 19.0. The summed E-state index contributed by atoms with van der Waals surface area (Å²) in [5, 5.41) is 0. The molecule has 0 unspecified atom stereocenters. The maximum atomic E-state index is 13.0. The fourth-order valence-electron chi connectivity index (χ4n) is 3.73. The van der Waals surface area contributed by atoms with Crippen LogP contribution in [0.2, 0.25) is 0 Å². The third-order valence-electron chi connectivity index (χ3n) is 5.42. The molecule has 1 aromatic heterocycles. The number of hydrogen-bond donors (Lipinski definition) is 1. The van der Waals surface area contributed by atoms with Crippen molar-refractivity contribution in [3.8, 4) is 0 Å². The lowest BCUT2D eigenvalue weighted by atomic mass is 10.2. The number of aryl methyl sites for hydroxylation is 2. The maximum absolute atomic E-state index is 13.0. The Morgan fingerprint density at radius 2 is 1.43 bits per heavy atom. The Kier molecular flexibility index (Phi) is 5.23. The molecule has 10 heteroatoms. The molecule has 158 valence electrons. The van der Waals surface area contributed by atoms with Gasteiger partial charge in [0.15, 0.2) is 0 Å².